The van der Waals surface area contributed by atoms with Gasteiger partial charge >= 0.3 is 0 Å². The van der Waals surface area contributed by atoms with Crippen molar-refractivity contribution in [1.82, 2.24) is 34.1 Å². The molecule has 174 valence electrons. The minimum absolute atomic E-state index is 0.0276. The van der Waals surface area contributed by atoms with Gasteiger partial charge in [0.15, 0.2) is 5.65 Å². The number of aromatic nitrogens is 7. The average Bonchev–Trinajstić information content (AvgIpc) is 3.39. The molecular weight excluding hydrogens is 424 g/mol. The zero-order chi connectivity index (χ0) is 23.7. The number of fused-ring (bicyclic) bond motifs is 1. The summed E-state index contributed by atoms with van der Waals surface area (Å²) < 4.78 is 4.95. The highest BCUT2D eigenvalue weighted by Crippen LogP contribution is 2.27. The van der Waals surface area contributed by atoms with Crippen LogP contribution in [-0.4, -0.2) is 56.8 Å². The third kappa shape index (κ3) is 4.58. The number of carbonyl (C=O) groups excluding carboxylic acids is 1. The fourth-order valence-corrected chi connectivity index (χ4v) is 3.86. The molecule has 11 nitrogen and oxygen atoms in total. The molecule has 33 heavy (non-hydrogen) atoms. The van der Waals surface area contributed by atoms with Crippen molar-refractivity contribution >= 4 is 17.1 Å². The molecule has 11 heteroatoms. The number of carbonyl (C=O) groups is 1. The van der Waals surface area contributed by atoms with Crippen LogP contribution in [0.25, 0.3) is 22.4 Å². The predicted octanol–water partition coefficient (Wildman–Crippen LogP) is 1.66. The number of aromatic hydroxyl groups is 1. The molecule has 0 saturated carbocycles. The zero-order valence-electron chi connectivity index (χ0n) is 19.1. The number of hydrogen-bond donors (Lipinski definition) is 3. The summed E-state index contributed by atoms with van der Waals surface area (Å²) in [6.45, 7) is 4.62. The summed E-state index contributed by atoms with van der Waals surface area (Å²) >= 11 is 0. The van der Waals surface area contributed by atoms with Gasteiger partial charge in [-0.15, -0.1) is 0 Å². The molecule has 0 aromatic carbocycles. The van der Waals surface area contributed by atoms with Crippen LogP contribution in [0.1, 0.15) is 35.8 Å². The lowest BCUT2D eigenvalue weighted by Crippen LogP contribution is -2.24. The number of aryl methyl sites for hydroxylation is 3. The SMILES string of the molecule is Cc1cc(C(=O)/N=c2\[nH]c3cn(C)nc3n2C[C@H](C)CCCO)cc(-c2cnn(C)c2O)n1. The van der Waals surface area contributed by atoms with E-state index < -0.39 is 5.91 Å². The normalized spacial score (nSPS) is 13.2. The first-order valence-electron chi connectivity index (χ1n) is 10.8. The van der Waals surface area contributed by atoms with E-state index >= 15 is 0 Å². The first kappa shape index (κ1) is 22.5. The number of amides is 1. The molecule has 3 N–H and O–H groups in total. The van der Waals surface area contributed by atoms with Crippen molar-refractivity contribution in [2.45, 2.75) is 33.2 Å². The Kier molecular flexibility index (Phi) is 6.14. The van der Waals surface area contributed by atoms with Gasteiger partial charge in [0.25, 0.3) is 5.91 Å². The van der Waals surface area contributed by atoms with Gasteiger partial charge in [0, 0.05) is 38.5 Å². The Morgan fingerprint density at radius 2 is 2.09 bits per heavy atom. The number of hydrogen-bond acceptors (Lipinski definition) is 6. The van der Waals surface area contributed by atoms with E-state index in [-0.39, 0.29) is 18.4 Å². The van der Waals surface area contributed by atoms with Gasteiger partial charge in [0.05, 0.1) is 23.7 Å². The van der Waals surface area contributed by atoms with Gasteiger partial charge in [-0.1, -0.05) is 6.92 Å². The predicted molar refractivity (Wildman–Crippen MR) is 121 cm³/mol. The number of imidazole rings is 1. The van der Waals surface area contributed by atoms with Crippen molar-refractivity contribution in [2.75, 3.05) is 6.61 Å². The van der Waals surface area contributed by atoms with Crippen LogP contribution in [0.3, 0.4) is 0 Å². The Morgan fingerprint density at radius 1 is 1.30 bits per heavy atom. The molecule has 0 radical (unpaired) electrons. The summed E-state index contributed by atoms with van der Waals surface area (Å²) in [6, 6.07) is 3.27. The van der Waals surface area contributed by atoms with E-state index in [0.29, 0.717) is 46.7 Å². The quantitative estimate of drug-likeness (QED) is 0.390. The van der Waals surface area contributed by atoms with Gasteiger partial charge in [-0.25, -0.2) is 4.68 Å². The highest BCUT2D eigenvalue weighted by atomic mass is 16.3. The van der Waals surface area contributed by atoms with Gasteiger partial charge in [0.1, 0.15) is 5.52 Å². The van der Waals surface area contributed by atoms with Gasteiger partial charge in [-0.3, -0.25) is 19.0 Å². The molecule has 1 amide bonds. The molecule has 0 spiro atoms. The number of pyridine rings is 1. The topological polar surface area (TPSA) is 139 Å². The highest BCUT2D eigenvalue weighted by molar-refractivity contribution is 5.96. The molecule has 0 fully saturated rings. The summed E-state index contributed by atoms with van der Waals surface area (Å²) in [5.41, 5.74) is 3.78. The molecule has 4 heterocycles. The standard InChI is InChI=1S/C22H28N8O3/c1-13(6-5-7-31)11-30-19-18(12-28(3)27-19)25-22(30)26-20(32)15-8-14(2)24-17(9-15)16-10-23-29(4)21(16)33/h8-10,12-13,31,33H,5-7,11H2,1-4H3,(H,25,26,32)/t13-/m1/s1. The number of aliphatic hydroxyl groups is 1. The van der Waals surface area contributed by atoms with E-state index in [0.717, 1.165) is 11.9 Å². The van der Waals surface area contributed by atoms with Crippen LogP contribution in [-0.2, 0) is 20.6 Å². The average molecular weight is 453 g/mol. The Hall–Kier alpha value is -3.73. The monoisotopic (exact) mass is 452 g/mol. The van der Waals surface area contributed by atoms with Crippen molar-refractivity contribution < 1.29 is 15.0 Å². The highest BCUT2D eigenvalue weighted by Gasteiger charge is 2.17. The Bertz CT molecular complexity index is 1370. The van der Waals surface area contributed by atoms with Crippen molar-refractivity contribution in [1.29, 1.82) is 0 Å². The largest absolute Gasteiger partial charge is 0.493 e. The lowest BCUT2D eigenvalue weighted by molar-refractivity contribution is 0.0996. The lowest BCUT2D eigenvalue weighted by atomic mass is 10.1. The maximum absolute atomic E-state index is 13.1. The molecular formula is C22H28N8O3. The molecule has 0 unspecified atom stereocenters. The van der Waals surface area contributed by atoms with E-state index in [9.17, 15) is 9.90 Å². The maximum Gasteiger partial charge on any atom is 0.280 e. The second kappa shape index (κ2) is 9.02. The Balaban J connectivity index is 1.74. The van der Waals surface area contributed by atoms with Gasteiger partial charge in [-0.2, -0.15) is 15.2 Å². The zero-order valence-corrected chi connectivity index (χ0v) is 19.1. The van der Waals surface area contributed by atoms with Crippen LogP contribution in [0.5, 0.6) is 5.88 Å². The number of aromatic amines is 1. The third-order valence-corrected chi connectivity index (χ3v) is 5.51. The molecule has 0 aliphatic rings. The fraction of sp³-hybridized carbons (Fsp3) is 0.409. The number of rotatable bonds is 7. The summed E-state index contributed by atoms with van der Waals surface area (Å²) in [4.78, 5) is 25.1. The summed E-state index contributed by atoms with van der Waals surface area (Å²) in [5.74, 6) is -0.203. The molecule has 4 aromatic rings. The molecule has 0 bridgehead atoms. The van der Waals surface area contributed by atoms with Crippen LogP contribution in [0.4, 0.5) is 0 Å². The summed E-state index contributed by atoms with van der Waals surface area (Å²) in [5, 5.41) is 27.9. The van der Waals surface area contributed by atoms with Crippen LogP contribution in [0, 0.1) is 12.8 Å². The minimum Gasteiger partial charge on any atom is -0.493 e. The van der Waals surface area contributed by atoms with Crippen molar-refractivity contribution in [3.8, 4) is 17.1 Å². The van der Waals surface area contributed by atoms with Crippen molar-refractivity contribution in [2.24, 2.45) is 25.0 Å². The number of nitrogens with zero attached hydrogens (tertiary/aromatic N) is 7. The number of aliphatic hydroxyl groups excluding tert-OH is 1. The minimum atomic E-state index is -0.435. The Labute approximate surface area is 190 Å². The van der Waals surface area contributed by atoms with Gasteiger partial charge in [-0.05, 0) is 37.8 Å². The lowest BCUT2D eigenvalue weighted by Gasteiger charge is -2.11. The van der Waals surface area contributed by atoms with Gasteiger partial charge in [0.2, 0.25) is 11.5 Å². The van der Waals surface area contributed by atoms with E-state index in [1.54, 1.807) is 30.8 Å². The second-order valence-electron chi connectivity index (χ2n) is 8.38. The van der Waals surface area contributed by atoms with Crippen LogP contribution < -0.4 is 5.62 Å². The first-order valence-corrected chi connectivity index (χ1v) is 10.8. The molecule has 1 atom stereocenters. The Morgan fingerprint density at radius 3 is 2.79 bits per heavy atom. The van der Waals surface area contributed by atoms with Crippen molar-refractivity contribution in [3.05, 3.63) is 41.4 Å². The van der Waals surface area contributed by atoms with E-state index in [2.05, 4.69) is 32.1 Å². The maximum atomic E-state index is 13.1. The molecule has 4 rings (SSSR count). The molecule has 4 aromatic heterocycles. The van der Waals surface area contributed by atoms with Crippen molar-refractivity contribution in [3.63, 3.8) is 0 Å². The van der Waals surface area contributed by atoms with Crippen LogP contribution in [0.2, 0.25) is 0 Å². The number of H-pyrrole nitrogens is 1. The van der Waals surface area contributed by atoms with Gasteiger partial charge < -0.3 is 15.2 Å². The second-order valence-corrected chi connectivity index (χ2v) is 8.38. The van der Waals surface area contributed by atoms with Crippen LogP contribution >= 0.6 is 0 Å². The number of nitrogens with one attached hydrogen (secondary N) is 1. The van der Waals surface area contributed by atoms with Crippen LogP contribution in [0.15, 0.2) is 29.5 Å². The fourth-order valence-electron chi connectivity index (χ4n) is 3.86. The third-order valence-electron chi connectivity index (χ3n) is 5.51. The smallest absolute Gasteiger partial charge is 0.280 e. The molecule has 0 saturated heterocycles. The first-order chi connectivity index (χ1) is 15.8. The molecule has 0 aliphatic heterocycles. The van der Waals surface area contributed by atoms with E-state index in [1.165, 1.54) is 10.9 Å². The van der Waals surface area contributed by atoms with E-state index in [4.69, 9.17) is 5.11 Å². The summed E-state index contributed by atoms with van der Waals surface area (Å²) in [6.07, 6.45) is 4.91. The summed E-state index contributed by atoms with van der Waals surface area (Å²) in [7, 11) is 3.46. The van der Waals surface area contributed by atoms with E-state index in [1.807, 2.05) is 17.8 Å². The molecule has 0 aliphatic carbocycles.